The summed E-state index contributed by atoms with van der Waals surface area (Å²) in [7, 11) is 5.86. The Morgan fingerprint density at radius 3 is 2.80 bits per heavy atom. The number of hydrogen-bond acceptors (Lipinski definition) is 8. The Bertz CT molecular complexity index is 440. The molecule has 1 aliphatic heterocycles. The number of rotatable bonds is 6. The molecule has 0 radical (unpaired) electrons. The Morgan fingerprint density at radius 2 is 2.20 bits per heavy atom. The molecule has 0 aliphatic carbocycles. The van der Waals surface area contributed by atoms with Crippen LogP contribution in [-0.2, 0) is 0 Å². The van der Waals surface area contributed by atoms with E-state index in [1.54, 1.807) is 4.90 Å². The van der Waals surface area contributed by atoms with E-state index < -0.39 is 0 Å². The minimum absolute atomic E-state index is 0.302. The van der Waals surface area contributed by atoms with Crippen LogP contribution in [0.1, 0.15) is 19.3 Å². The van der Waals surface area contributed by atoms with Crippen LogP contribution in [0.4, 0.5) is 11.9 Å². The monoisotopic (exact) mass is 281 g/mol. The van der Waals surface area contributed by atoms with Gasteiger partial charge < -0.3 is 14.5 Å². The van der Waals surface area contributed by atoms with E-state index in [-0.39, 0.29) is 0 Å². The van der Waals surface area contributed by atoms with Crippen molar-refractivity contribution in [3.05, 3.63) is 0 Å². The van der Waals surface area contributed by atoms with E-state index in [0.29, 0.717) is 30.6 Å². The van der Waals surface area contributed by atoms with Crippen LogP contribution in [-0.4, -0.2) is 60.2 Å². The molecule has 1 atom stereocenters. The Kier molecular flexibility index (Phi) is 4.91. The van der Waals surface area contributed by atoms with E-state index in [4.69, 9.17) is 10.6 Å². The highest BCUT2D eigenvalue weighted by atomic mass is 16.5. The maximum Gasteiger partial charge on any atom is 0.323 e. The predicted molar refractivity (Wildman–Crippen MR) is 77.7 cm³/mol. The van der Waals surface area contributed by atoms with E-state index in [1.165, 1.54) is 19.4 Å². The maximum absolute atomic E-state index is 5.64. The molecule has 112 valence electrons. The van der Waals surface area contributed by atoms with Crippen molar-refractivity contribution in [1.29, 1.82) is 0 Å². The average molecular weight is 281 g/mol. The number of anilines is 2. The maximum atomic E-state index is 5.64. The lowest BCUT2D eigenvalue weighted by atomic mass is 10.2. The highest BCUT2D eigenvalue weighted by Gasteiger charge is 2.20. The molecule has 1 fully saturated rings. The first kappa shape index (κ1) is 14.7. The molecule has 0 saturated carbocycles. The molecule has 1 saturated heterocycles. The van der Waals surface area contributed by atoms with Crippen LogP contribution in [0.3, 0.4) is 0 Å². The summed E-state index contributed by atoms with van der Waals surface area (Å²) >= 11 is 0. The number of ether oxygens (including phenoxy) is 1. The van der Waals surface area contributed by atoms with Crippen molar-refractivity contribution in [3.63, 3.8) is 0 Å². The summed E-state index contributed by atoms with van der Waals surface area (Å²) in [5, 5.41) is 0. The van der Waals surface area contributed by atoms with Gasteiger partial charge in [0.2, 0.25) is 11.9 Å². The van der Waals surface area contributed by atoms with Crippen molar-refractivity contribution in [3.8, 4) is 6.01 Å². The highest BCUT2D eigenvalue weighted by Crippen LogP contribution is 2.18. The average Bonchev–Trinajstić information content (AvgIpc) is 2.84. The molecule has 1 aromatic heterocycles. The van der Waals surface area contributed by atoms with Crippen molar-refractivity contribution < 1.29 is 4.74 Å². The molecule has 3 N–H and O–H groups in total. The second-order valence-corrected chi connectivity index (χ2v) is 5.19. The Labute approximate surface area is 119 Å². The van der Waals surface area contributed by atoms with Crippen LogP contribution < -0.4 is 20.9 Å². The zero-order valence-electron chi connectivity index (χ0n) is 12.3. The van der Waals surface area contributed by atoms with E-state index in [2.05, 4.69) is 32.3 Å². The quantitative estimate of drug-likeness (QED) is 0.560. The summed E-state index contributed by atoms with van der Waals surface area (Å²) in [6.45, 7) is 1.76. The van der Waals surface area contributed by atoms with E-state index in [1.807, 2.05) is 14.1 Å². The van der Waals surface area contributed by atoms with E-state index in [9.17, 15) is 0 Å². The minimum atomic E-state index is 0.302. The molecule has 0 amide bonds. The van der Waals surface area contributed by atoms with Crippen molar-refractivity contribution >= 4 is 11.9 Å². The summed E-state index contributed by atoms with van der Waals surface area (Å²) in [4.78, 5) is 16.6. The van der Waals surface area contributed by atoms with Gasteiger partial charge in [0.15, 0.2) is 0 Å². The standard InChI is InChI=1S/C12H23N7O/c1-18(2)11-14-10(17-13)15-12(16-11)20-8-6-9-5-4-7-19(9)3/h9H,4-8,13H2,1-3H3,(H,14,15,16,17). The van der Waals surface area contributed by atoms with Crippen LogP contribution in [0.2, 0.25) is 0 Å². The normalized spacial score (nSPS) is 19.1. The molecule has 0 aromatic carbocycles. The number of nitrogens with zero attached hydrogens (tertiary/aromatic N) is 5. The number of nitrogen functional groups attached to an aromatic ring is 1. The molecule has 20 heavy (non-hydrogen) atoms. The largest absolute Gasteiger partial charge is 0.463 e. The molecular weight excluding hydrogens is 258 g/mol. The zero-order chi connectivity index (χ0) is 14.5. The third-order valence-corrected chi connectivity index (χ3v) is 3.49. The number of nitrogens with one attached hydrogen (secondary N) is 1. The van der Waals surface area contributed by atoms with Crippen molar-refractivity contribution in [2.45, 2.75) is 25.3 Å². The van der Waals surface area contributed by atoms with E-state index >= 15 is 0 Å². The van der Waals surface area contributed by atoms with Gasteiger partial charge in [-0.05, 0) is 32.9 Å². The van der Waals surface area contributed by atoms with Gasteiger partial charge in [0.25, 0.3) is 0 Å². The lowest BCUT2D eigenvalue weighted by Crippen LogP contribution is -2.26. The zero-order valence-corrected chi connectivity index (χ0v) is 12.3. The number of hydrazine groups is 1. The van der Waals surface area contributed by atoms with Gasteiger partial charge in [-0.15, -0.1) is 0 Å². The van der Waals surface area contributed by atoms with Gasteiger partial charge in [-0.2, -0.15) is 15.0 Å². The second kappa shape index (κ2) is 6.67. The van der Waals surface area contributed by atoms with Crippen LogP contribution in [0, 0.1) is 0 Å². The molecular formula is C12H23N7O. The Hall–Kier alpha value is -1.67. The first-order valence-corrected chi connectivity index (χ1v) is 6.83. The molecule has 1 aliphatic rings. The van der Waals surface area contributed by atoms with Gasteiger partial charge in [0, 0.05) is 20.1 Å². The third kappa shape index (κ3) is 3.67. The van der Waals surface area contributed by atoms with Crippen molar-refractivity contribution in [1.82, 2.24) is 19.9 Å². The van der Waals surface area contributed by atoms with Crippen LogP contribution in [0.5, 0.6) is 6.01 Å². The van der Waals surface area contributed by atoms with Crippen LogP contribution in [0.25, 0.3) is 0 Å². The number of nitrogens with two attached hydrogens (primary N) is 1. The van der Waals surface area contributed by atoms with Gasteiger partial charge in [-0.25, -0.2) is 5.84 Å². The molecule has 8 nitrogen and oxygen atoms in total. The lowest BCUT2D eigenvalue weighted by molar-refractivity contribution is 0.223. The smallest absolute Gasteiger partial charge is 0.323 e. The van der Waals surface area contributed by atoms with E-state index in [0.717, 1.165) is 6.42 Å². The van der Waals surface area contributed by atoms with Gasteiger partial charge in [-0.3, -0.25) is 5.43 Å². The molecule has 2 heterocycles. The fourth-order valence-electron chi connectivity index (χ4n) is 2.31. The highest BCUT2D eigenvalue weighted by molar-refractivity contribution is 5.35. The second-order valence-electron chi connectivity index (χ2n) is 5.19. The molecule has 0 spiro atoms. The fourth-order valence-corrected chi connectivity index (χ4v) is 2.31. The first-order chi connectivity index (χ1) is 9.60. The summed E-state index contributed by atoms with van der Waals surface area (Å²) in [5.74, 6) is 6.17. The minimum Gasteiger partial charge on any atom is -0.463 e. The summed E-state index contributed by atoms with van der Waals surface area (Å²) < 4.78 is 5.64. The van der Waals surface area contributed by atoms with Gasteiger partial charge in [0.1, 0.15) is 0 Å². The van der Waals surface area contributed by atoms with Crippen LogP contribution >= 0.6 is 0 Å². The van der Waals surface area contributed by atoms with Gasteiger partial charge in [-0.1, -0.05) is 0 Å². The SMILES string of the molecule is CN(C)c1nc(NN)nc(OCCC2CCCN2C)n1. The molecule has 1 unspecified atom stereocenters. The predicted octanol–water partition coefficient (Wildman–Crippen LogP) is 0.0863. The van der Waals surface area contributed by atoms with Gasteiger partial charge >= 0.3 is 6.01 Å². The Balaban J connectivity index is 1.93. The van der Waals surface area contributed by atoms with Crippen molar-refractivity contribution in [2.24, 2.45) is 5.84 Å². The number of aromatic nitrogens is 3. The molecule has 1 aromatic rings. The number of hydrogen-bond donors (Lipinski definition) is 2. The first-order valence-electron chi connectivity index (χ1n) is 6.83. The summed E-state index contributed by atoms with van der Waals surface area (Å²) in [6.07, 6.45) is 3.47. The summed E-state index contributed by atoms with van der Waals surface area (Å²) in [5.41, 5.74) is 2.42. The summed E-state index contributed by atoms with van der Waals surface area (Å²) in [6, 6.07) is 0.898. The van der Waals surface area contributed by atoms with Crippen LogP contribution in [0.15, 0.2) is 0 Å². The lowest BCUT2D eigenvalue weighted by Gasteiger charge is -2.19. The molecule has 2 rings (SSSR count). The molecule has 0 bridgehead atoms. The third-order valence-electron chi connectivity index (χ3n) is 3.49. The van der Waals surface area contributed by atoms with Gasteiger partial charge in [0.05, 0.1) is 6.61 Å². The topological polar surface area (TPSA) is 92.4 Å². The molecule has 8 heteroatoms. The fraction of sp³-hybridized carbons (Fsp3) is 0.750. The number of likely N-dealkylation sites (tertiary alicyclic amines) is 1. The van der Waals surface area contributed by atoms with Crippen molar-refractivity contribution in [2.75, 3.05) is 44.6 Å². The Morgan fingerprint density at radius 1 is 1.40 bits per heavy atom.